The maximum Gasteiger partial charge on any atom is 0.236 e. The van der Waals surface area contributed by atoms with Crippen LogP contribution in [0.5, 0.6) is 0 Å². The van der Waals surface area contributed by atoms with Gasteiger partial charge in [0.15, 0.2) is 0 Å². The first-order valence-electron chi connectivity index (χ1n) is 6.40. The molecule has 1 aliphatic heterocycles. The van der Waals surface area contributed by atoms with E-state index in [2.05, 4.69) is 5.32 Å². The lowest BCUT2D eigenvalue weighted by molar-refractivity contribution is -0.129. The zero-order chi connectivity index (χ0) is 13.0. The normalized spacial score (nSPS) is 15.1. The SMILES string of the molecule is Cc1cc(CNCC(=O)N2CCCC2)ccc1F. The lowest BCUT2D eigenvalue weighted by Gasteiger charge is -2.15. The third-order valence-electron chi connectivity index (χ3n) is 3.29. The number of rotatable bonds is 4. The Kier molecular flexibility index (Phi) is 4.31. The summed E-state index contributed by atoms with van der Waals surface area (Å²) < 4.78 is 13.1. The lowest BCUT2D eigenvalue weighted by atomic mass is 10.1. The molecule has 1 heterocycles. The zero-order valence-corrected chi connectivity index (χ0v) is 10.7. The van der Waals surface area contributed by atoms with Crippen molar-refractivity contribution in [2.75, 3.05) is 19.6 Å². The van der Waals surface area contributed by atoms with Gasteiger partial charge in [0.25, 0.3) is 0 Å². The van der Waals surface area contributed by atoms with Gasteiger partial charge in [-0.3, -0.25) is 4.79 Å². The summed E-state index contributed by atoms with van der Waals surface area (Å²) in [4.78, 5) is 13.7. The number of halogens is 1. The molecule has 0 unspecified atom stereocenters. The molecule has 18 heavy (non-hydrogen) atoms. The van der Waals surface area contributed by atoms with Crippen LogP contribution in [0.25, 0.3) is 0 Å². The summed E-state index contributed by atoms with van der Waals surface area (Å²) in [6.07, 6.45) is 2.23. The number of nitrogens with zero attached hydrogens (tertiary/aromatic N) is 1. The number of aryl methyl sites for hydroxylation is 1. The van der Waals surface area contributed by atoms with Gasteiger partial charge in [0.1, 0.15) is 5.82 Å². The second-order valence-electron chi connectivity index (χ2n) is 4.77. The van der Waals surface area contributed by atoms with Gasteiger partial charge in [-0.1, -0.05) is 12.1 Å². The van der Waals surface area contributed by atoms with E-state index >= 15 is 0 Å². The maximum atomic E-state index is 13.1. The minimum Gasteiger partial charge on any atom is -0.342 e. The van der Waals surface area contributed by atoms with E-state index in [-0.39, 0.29) is 11.7 Å². The Labute approximate surface area is 107 Å². The number of carbonyl (C=O) groups is 1. The highest BCUT2D eigenvalue weighted by Gasteiger charge is 2.16. The fraction of sp³-hybridized carbons (Fsp3) is 0.500. The number of hydrogen-bond acceptors (Lipinski definition) is 2. The Morgan fingerprint density at radius 2 is 2.11 bits per heavy atom. The van der Waals surface area contributed by atoms with Crippen LogP contribution in [0.1, 0.15) is 24.0 Å². The molecule has 3 nitrogen and oxygen atoms in total. The highest BCUT2D eigenvalue weighted by molar-refractivity contribution is 5.78. The molecule has 1 N–H and O–H groups in total. The van der Waals surface area contributed by atoms with Gasteiger partial charge in [0.2, 0.25) is 5.91 Å². The number of amides is 1. The minimum absolute atomic E-state index is 0.159. The van der Waals surface area contributed by atoms with Crippen molar-refractivity contribution in [3.8, 4) is 0 Å². The van der Waals surface area contributed by atoms with Crippen LogP contribution >= 0.6 is 0 Å². The van der Waals surface area contributed by atoms with E-state index in [1.165, 1.54) is 6.07 Å². The summed E-state index contributed by atoms with van der Waals surface area (Å²) in [5.74, 6) is -0.0294. The Morgan fingerprint density at radius 3 is 2.78 bits per heavy atom. The quantitative estimate of drug-likeness (QED) is 0.884. The van der Waals surface area contributed by atoms with Crippen molar-refractivity contribution in [3.63, 3.8) is 0 Å². The minimum atomic E-state index is -0.188. The summed E-state index contributed by atoms with van der Waals surface area (Å²) in [7, 11) is 0. The van der Waals surface area contributed by atoms with E-state index < -0.39 is 0 Å². The molecule has 0 spiro atoms. The fourth-order valence-corrected chi connectivity index (χ4v) is 2.21. The van der Waals surface area contributed by atoms with Crippen molar-refractivity contribution < 1.29 is 9.18 Å². The molecule has 2 rings (SSSR count). The molecule has 0 radical (unpaired) electrons. The van der Waals surface area contributed by atoms with Gasteiger partial charge in [-0.05, 0) is 37.0 Å². The van der Waals surface area contributed by atoms with Crippen molar-refractivity contribution in [3.05, 3.63) is 35.1 Å². The van der Waals surface area contributed by atoms with E-state index in [1.54, 1.807) is 13.0 Å². The molecule has 1 saturated heterocycles. The Balaban J connectivity index is 1.77. The molecule has 4 heteroatoms. The van der Waals surface area contributed by atoms with Crippen LogP contribution in [0, 0.1) is 12.7 Å². The van der Waals surface area contributed by atoms with Crippen molar-refractivity contribution >= 4 is 5.91 Å². The number of likely N-dealkylation sites (tertiary alicyclic amines) is 1. The first-order valence-corrected chi connectivity index (χ1v) is 6.40. The van der Waals surface area contributed by atoms with Gasteiger partial charge in [0.05, 0.1) is 6.54 Å². The van der Waals surface area contributed by atoms with E-state index in [1.807, 2.05) is 11.0 Å². The molecule has 1 amide bonds. The molecule has 0 aromatic heterocycles. The van der Waals surface area contributed by atoms with E-state index in [4.69, 9.17) is 0 Å². The Morgan fingerprint density at radius 1 is 1.39 bits per heavy atom. The molecule has 0 atom stereocenters. The van der Waals surface area contributed by atoms with E-state index in [0.29, 0.717) is 18.7 Å². The number of nitrogens with one attached hydrogen (secondary N) is 1. The standard InChI is InChI=1S/C14H19FN2O/c1-11-8-12(4-5-13(11)15)9-16-10-14(18)17-6-2-3-7-17/h4-5,8,16H,2-3,6-7,9-10H2,1H3. The van der Waals surface area contributed by atoms with Crippen LogP contribution in [-0.2, 0) is 11.3 Å². The average Bonchev–Trinajstić information content (AvgIpc) is 2.87. The van der Waals surface area contributed by atoms with Crippen LogP contribution < -0.4 is 5.32 Å². The summed E-state index contributed by atoms with van der Waals surface area (Å²) in [5.41, 5.74) is 1.64. The van der Waals surface area contributed by atoms with Gasteiger partial charge in [-0.2, -0.15) is 0 Å². The van der Waals surface area contributed by atoms with E-state index in [0.717, 1.165) is 31.5 Å². The zero-order valence-electron chi connectivity index (χ0n) is 10.7. The van der Waals surface area contributed by atoms with Crippen LogP contribution in [0.15, 0.2) is 18.2 Å². The lowest BCUT2D eigenvalue weighted by Crippen LogP contribution is -2.35. The molecule has 0 bridgehead atoms. The summed E-state index contributed by atoms with van der Waals surface area (Å²) in [5, 5.41) is 3.11. The second kappa shape index (κ2) is 5.96. The van der Waals surface area contributed by atoms with Crippen molar-refractivity contribution in [2.45, 2.75) is 26.3 Å². The molecular formula is C14H19FN2O. The van der Waals surface area contributed by atoms with Crippen LogP contribution in [0.2, 0.25) is 0 Å². The molecule has 1 aromatic carbocycles. The topological polar surface area (TPSA) is 32.3 Å². The number of hydrogen-bond donors (Lipinski definition) is 1. The molecule has 1 aliphatic rings. The number of benzene rings is 1. The molecule has 0 aliphatic carbocycles. The Hall–Kier alpha value is -1.42. The van der Waals surface area contributed by atoms with Crippen molar-refractivity contribution in [2.24, 2.45) is 0 Å². The monoisotopic (exact) mass is 250 g/mol. The highest BCUT2D eigenvalue weighted by atomic mass is 19.1. The van der Waals surface area contributed by atoms with Gasteiger partial charge in [0, 0.05) is 19.6 Å². The van der Waals surface area contributed by atoms with Crippen LogP contribution in [0.4, 0.5) is 4.39 Å². The predicted molar refractivity (Wildman–Crippen MR) is 68.7 cm³/mol. The Bertz CT molecular complexity index is 428. The second-order valence-corrected chi connectivity index (χ2v) is 4.77. The molecule has 1 aromatic rings. The van der Waals surface area contributed by atoms with Gasteiger partial charge >= 0.3 is 0 Å². The third-order valence-corrected chi connectivity index (χ3v) is 3.29. The van der Waals surface area contributed by atoms with Crippen LogP contribution in [0.3, 0.4) is 0 Å². The molecule has 0 saturated carbocycles. The average molecular weight is 250 g/mol. The predicted octanol–water partition coefficient (Wildman–Crippen LogP) is 1.85. The van der Waals surface area contributed by atoms with E-state index in [9.17, 15) is 9.18 Å². The molecule has 98 valence electrons. The third kappa shape index (κ3) is 3.29. The molecular weight excluding hydrogens is 231 g/mol. The number of carbonyl (C=O) groups excluding carboxylic acids is 1. The fourth-order valence-electron chi connectivity index (χ4n) is 2.21. The first kappa shape index (κ1) is 13.0. The smallest absolute Gasteiger partial charge is 0.236 e. The largest absolute Gasteiger partial charge is 0.342 e. The summed E-state index contributed by atoms with van der Waals surface area (Å²) >= 11 is 0. The molecule has 1 fully saturated rings. The van der Waals surface area contributed by atoms with Gasteiger partial charge in [-0.25, -0.2) is 4.39 Å². The highest BCUT2D eigenvalue weighted by Crippen LogP contribution is 2.09. The summed E-state index contributed by atoms with van der Waals surface area (Å²) in [6.45, 7) is 4.47. The van der Waals surface area contributed by atoms with Gasteiger partial charge in [-0.15, -0.1) is 0 Å². The van der Waals surface area contributed by atoms with Crippen molar-refractivity contribution in [1.82, 2.24) is 10.2 Å². The summed E-state index contributed by atoms with van der Waals surface area (Å²) in [6, 6.07) is 5.02. The van der Waals surface area contributed by atoms with Crippen molar-refractivity contribution in [1.29, 1.82) is 0 Å². The first-order chi connectivity index (χ1) is 8.66. The maximum absolute atomic E-state index is 13.1. The van der Waals surface area contributed by atoms with Crippen LogP contribution in [-0.4, -0.2) is 30.4 Å². The van der Waals surface area contributed by atoms with Gasteiger partial charge < -0.3 is 10.2 Å².